The van der Waals surface area contributed by atoms with E-state index in [2.05, 4.69) is 10.3 Å². The van der Waals surface area contributed by atoms with E-state index in [9.17, 15) is 4.79 Å². The lowest BCUT2D eigenvalue weighted by atomic mass is 10.3. The van der Waals surface area contributed by atoms with Gasteiger partial charge in [-0.05, 0) is 19.1 Å². The Morgan fingerprint density at radius 2 is 2.31 bits per heavy atom. The van der Waals surface area contributed by atoms with Crippen molar-refractivity contribution in [1.82, 2.24) is 4.98 Å². The fraction of sp³-hybridized carbons (Fsp3) is 0.400. The molecule has 0 saturated carbocycles. The third kappa shape index (κ3) is 3.39. The number of carbonyl (C=O) groups excluding carboxylic acids is 1. The van der Waals surface area contributed by atoms with Crippen LogP contribution in [0.1, 0.15) is 17.4 Å². The lowest BCUT2D eigenvalue weighted by molar-refractivity contribution is 0.0996. The van der Waals surface area contributed by atoms with Crippen molar-refractivity contribution in [1.29, 1.82) is 0 Å². The van der Waals surface area contributed by atoms with Gasteiger partial charge in [0.15, 0.2) is 0 Å². The van der Waals surface area contributed by atoms with E-state index in [1.807, 2.05) is 6.92 Å². The number of nitrogen functional groups attached to an aromatic ring is 1. The van der Waals surface area contributed by atoms with Gasteiger partial charge in [-0.3, -0.25) is 4.79 Å². The van der Waals surface area contributed by atoms with Gasteiger partial charge in [0.2, 0.25) is 0 Å². The highest BCUT2D eigenvalue weighted by molar-refractivity contribution is 5.91. The van der Waals surface area contributed by atoms with Crippen LogP contribution in [0.4, 0.5) is 11.5 Å². The van der Waals surface area contributed by atoms with Crippen molar-refractivity contribution in [2.75, 3.05) is 30.8 Å². The Balaban J connectivity index is 2.63. The van der Waals surface area contributed by atoms with E-state index in [0.717, 1.165) is 0 Å². The number of hydrogen-bond acceptors (Lipinski definition) is 5. The van der Waals surface area contributed by atoms with Crippen LogP contribution in [0.3, 0.4) is 0 Å². The highest BCUT2D eigenvalue weighted by atomic mass is 16.5. The maximum Gasteiger partial charge on any atom is 0.267 e. The number of rotatable bonds is 6. The van der Waals surface area contributed by atoms with Gasteiger partial charge in [-0.25, -0.2) is 4.98 Å². The molecule has 0 atom stereocenters. The highest BCUT2D eigenvalue weighted by Crippen LogP contribution is 2.14. The summed E-state index contributed by atoms with van der Waals surface area (Å²) in [6.07, 6.45) is 0. The third-order valence-corrected chi connectivity index (χ3v) is 1.92. The van der Waals surface area contributed by atoms with E-state index < -0.39 is 5.91 Å². The Bertz CT molecular complexity index is 368. The minimum Gasteiger partial charge on any atom is -0.396 e. The topological polar surface area (TPSA) is 103 Å². The van der Waals surface area contributed by atoms with Crippen LogP contribution in [0.15, 0.2) is 12.1 Å². The number of nitrogens with one attached hydrogen (secondary N) is 1. The molecule has 1 rings (SSSR count). The van der Waals surface area contributed by atoms with Gasteiger partial charge < -0.3 is 21.5 Å². The molecule has 0 radical (unpaired) electrons. The first-order valence-corrected chi connectivity index (χ1v) is 5.03. The van der Waals surface area contributed by atoms with Gasteiger partial charge >= 0.3 is 0 Å². The Kier molecular flexibility index (Phi) is 4.53. The van der Waals surface area contributed by atoms with E-state index >= 15 is 0 Å². The number of amides is 1. The number of hydrogen-bond donors (Lipinski definition) is 3. The molecule has 0 fully saturated rings. The SMILES string of the molecule is CCOCCNc1nc(C(N)=O)ccc1N. The summed E-state index contributed by atoms with van der Waals surface area (Å²) < 4.78 is 5.15. The molecule has 1 heterocycles. The van der Waals surface area contributed by atoms with Gasteiger partial charge in [-0.2, -0.15) is 0 Å². The maximum absolute atomic E-state index is 10.9. The van der Waals surface area contributed by atoms with Crippen LogP contribution in [-0.2, 0) is 4.74 Å². The predicted molar refractivity (Wildman–Crippen MR) is 62.2 cm³/mol. The van der Waals surface area contributed by atoms with E-state index in [1.54, 1.807) is 6.07 Å². The van der Waals surface area contributed by atoms with Crippen molar-refractivity contribution in [3.63, 3.8) is 0 Å². The number of aromatic nitrogens is 1. The molecule has 5 N–H and O–H groups in total. The first-order chi connectivity index (χ1) is 7.65. The molecule has 6 heteroatoms. The van der Waals surface area contributed by atoms with Gasteiger partial charge in [0.1, 0.15) is 11.5 Å². The summed E-state index contributed by atoms with van der Waals surface area (Å²) in [5.74, 6) is -0.121. The zero-order chi connectivity index (χ0) is 12.0. The average molecular weight is 224 g/mol. The van der Waals surface area contributed by atoms with Gasteiger partial charge in [-0.1, -0.05) is 0 Å². The molecule has 0 aliphatic heterocycles. The first-order valence-electron chi connectivity index (χ1n) is 5.03. The van der Waals surface area contributed by atoms with Gasteiger partial charge in [-0.15, -0.1) is 0 Å². The monoisotopic (exact) mass is 224 g/mol. The smallest absolute Gasteiger partial charge is 0.267 e. The van der Waals surface area contributed by atoms with Gasteiger partial charge in [0.25, 0.3) is 5.91 Å². The summed E-state index contributed by atoms with van der Waals surface area (Å²) in [7, 11) is 0. The van der Waals surface area contributed by atoms with E-state index in [-0.39, 0.29) is 5.69 Å². The Labute approximate surface area is 94.0 Å². The molecule has 1 aromatic rings. The molecule has 16 heavy (non-hydrogen) atoms. The van der Waals surface area contributed by atoms with Crippen LogP contribution in [0, 0.1) is 0 Å². The molecular formula is C10H16N4O2. The molecule has 0 bridgehead atoms. The number of pyridine rings is 1. The minimum atomic E-state index is -0.576. The summed E-state index contributed by atoms with van der Waals surface area (Å²) in [4.78, 5) is 14.9. The average Bonchev–Trinajstić information content (AvgIpc) is 2.26. The zero-order valence-electron chi connectivity index (χ0n) is 9.19. The first kappa shape index (κ1) is 12.3. The van der Waals surface area contributed by atoms with E-state index in [0.29, 0.717) is 31.3 Å². The maximum atomic E-state index is 10.9. The molecule has 0 aliphatic carbocycles. The predicted octanol–water partition coefficient (Wildman–Crippen LogP) is 0.211. The van der Waals surface area contributed by atoms with E-state index in [4.69, 9.17) is 16.2 Å². The molecule has 6 nitrogen and oxygen atoms in total. The summed E-state index contributed by atoms with van der Waals surface area (Å²) in [5.41, 5.74) is 11.5. The van der Waals surface area contributed by atoms with Crippen molar-refractivity contribution in [3.05, 3.63) is 17.8 Å². The number of nitrogens with zero attached hydrogens (tertiary/aromatic N) is 1. The number of anilines is 2. The molecule has 0 aliphatic rings. The van der Waals surface area contributed by atoms with Crippen LogP contribution >= 0.6 is 0 Å². The summed E-state index contributed by atoms with van der Waals surface area (Å²) in [5, 5.41) is 2.97. The number of primary amides is 1. The molecule has 1 amide bonds. The van der Waals surface area contributed by atoms with Crippen LogP contribution in [0.2, 0.25) is 0 Å². The number of carbonyl (C=O) groups is 1. The van der Waals surface area contributed by atoms with Crippen molar-refractivity contribution in [2.24, 2.45) is 5.73 Å². The van der Waals surface area contributed by atoms with Crippen molar-refractivity contribution in [3.8, 4) is 0 Å². The Morgan fingerprint density at radius 3 is 2.94 bits per heavy atom. The molecule has 0 saturated heterocycles. The van der Waals surface area contributed by atoms with Gasteiger partial charge in [0, 0.05) is 13.2 Å². The molecular weight excluding hydrogens is 208 g/mol. The molecule has 0 unspecified atom stereocenters. The highest BCUT2D eigenvalue weighted by Gasteiger charge is 2.06. The summed E-state index contributed by atoms with van der Waals surface area (Å²) in [6, 6.07) is 3.08. The largest absolute Gasteiger partial charge is 0.396 e. The molecule has 0 aromatic carbocycles. The van der Waals surface area contributed by atoms with Crippen molar-refractivity contribution >= 4 is 17.4 Å². The molecule has 88 valence electrons. The standard InChI is InChI=1S/C10H16N4O2/c1-2-16-6-5-13-10-7(11)3-4-8(14-10)9(12)15/h3-4H,2,5-6,11H2,1H3,(H2,12,15)(H,13,14). The van der Waals surface area contributed by atoms with E-state index in [1.165, 1.54) is 6.07 Å². The summed E-state index contributed by atoms with van der Waals surface area (Å²) in [6.45, 7) is 3.71. The normalized spacial score (nSPS) is 10.1. The fourth-order valence-corrected chi connectivity index (χ4v) is 1.13. The molecule has 1 aromatic heterocycles. The van der Waals surface area contributed by atoms with Crippen LogP contribution < -0.4 is 16.8 Å². The lowest BCUT2D eigenvalue weighted by Crippen LogP contribution is -2.16. The number of ether oxygens (including phenoxy) is 1. The van der Waals surface area contributed by atoms with Crippen molar-refractivity contribution in [2.45, 2.75) is 6.92 Å². The molecule has 0 spiro atoms. The van der Waals surface area contributed by atoms with Crippen molar-refractivity contribution < 1.29 is 9.53 Å². The van der Waals surface area contributed by atoms with Crippen LogP contribution in [-0.4, -0.2) is 30.6 Å². The van der Waals surface area contributed by atoms with Crippen LogP contribution in [0.25, 0.3) is 0 Å². The Hall–Kier alpha value is -1.82. The second-order valence-corrected chi connectivity index (χ2v) is 3.12. The van der Waals surface area contributed by atoms with Crippen LogP contribution in [0.5, 0.6) is 0 Å². The second kappa shape index (κ2) is 5.92. The Morgan fingerprint density at radius 1 is 1.56 bits per heavy atom. The quantitative estimate of drug-likeness (QED) is 0.599. The van der Waals surface area contributed by atoms with Gasteiger partial charge in [0.05, 0.1) is 12.3 Å². The minimum absolute atomic E-state index is 0.188. The summed E-state index contributed by atoms with van der Waals surface area (Å²) >= 11 is 0. The lowest BCUT2D eigenvalue weighted by Gasteiger charge is -2.08. The zero-order valence-corrected chi connectivity index (χ0v) is 9.19. The third-order valence-electron chi connectivity index (χ3n) is 1.92. The second-order valence-electron chi connectivity index (χ2n) is 3.12. The fourth-order valence-electron chi connectivity index (χ4n) is 1.13. The number of nitrogens with two attached hydrogens (primary N) is 2.